The van der Waals surface area contributed by atoms with E-state index in [0.717, 1.165) is 66.1 Å². The standard InChI is InChI=1S/C40H41F3N6O2S/c1-22-16-27(40(4)13-10-35(50)46-39(40)51)8-9-29(22)25-11-14-49(15-12-25)20-28-17-26(21-52-28)34-18-32-33(19-44-34)24(3)47-48-38(32)45-23(2)30-6-5-7-31(36(30)41)37(42)43/h5-9,16-19,21,23,25,37H,10-15,20H2,1-4H3,(H,45,48)(H,46,50,51). The monoisotopic (exact) mass is 726 g/mol. The second kappa shape index (κ2) is 14.4. The molecule has 2 aromatic carbocycles. The number of benzene rings is 2. The highest BCUT2D eigenvalue weighted by molar-refractivity contribution is 7.10. The number of carbonyl (C=O) groups is 2. The van der Waals surface area contributed by atoms with E-state index in [2.05, 4.69) is 62.3 Å². The van der Waals surface area contributed by atoms with Crippen LogP contribution in [0.15, 0.2) is 60.1 Å². The number of nitrogens with zero attached hydrogens (tertiary/aromatic N) is 4. The molecule has 52 heavy (non-hydrogen) atoms. The fraction of sp³-hybridized carbons (Fsp3) is 0.375. The Morgan fingerprint density at radius 3 is 2.54 bits per heavy atom. The Bertz CT molecular complexity index is 2160. The third-order valence-corrected chi connectivity index (χ3v) is 11.8. The molecule has 0 bridgehead atoms. The van der Waals surface area contributed by atoms with Gasteiger partial charge in [0.15, 0.2) is 5.82 Å². The number of amides is 2. The van der Waals surface area contributed by atoms with Gasteiger partial charge in [0.2, 0.25) is 11.8 Å². The van der Waals surface area contributed by atoms with Gasteiger partial charge < -0.3 is 5.32 Å². The predicted molar refractivity (Wildman–Crippen MR) is 197 cm³/mol. The zero-order valence-corrected chi connectivity index (χ0v) is 30.4. The number of imide groups is 1. The van der Waals surface area contributed by atoms with E-state index >= 15 is 0 Å². The molecule has 270 valence electrons. The van der Waals surface area contributed by atoms with Gasteiger partial charge in [-0.3, -0.25) is 24.8 Å². The topological polar surface area (TPSA) is 100 Å². The van der Waals surface area contributed by atoms with Crippen LogP contribution in [0.4, 0.5) is 19.0 Å². The predicted octanol–water partition coefficient (Wildman–Crippen LogP) is 8.69. The summed E-state index contributed by atoms with van der Waals surface area (Å²) >= 11 is 1.70. The number of fused-ring (bicyclic) bond motifs is 1. The van der Waals surface area contributed by atoms with Crippen LogP contribution in [0.3, 0.4) is 0 Å². The van der Waals surface area contributed by atoms with Crippen molar-refractivity contribution in [2.45, 2.75) is 83.7 Å². The van der Waals surface area contributed by atoms with Gasteiger partial charge in [0.05, 0.1) is 28.4 Å². The molecule has 2 unspecified atom stereocenters. The molecular formula is C40H41F3N6O2S. The molecule has 3 aromatic heterocycles. The minimum absolute atomic E-state index is 0.126. The van der Waals surface area contributed by atoms with Crippen LogP contribution >= 0.6 is 11.3 Å². The molecule has 2 saturated heterocycles. The molecule has 12 heteroatoms. The van der Waals surface area contributed by atoms with Crippen LogP contribution in [0, 0.1) is 19.7 Å². The van der Waals surface area contributed by atoms with E-state index in [4.69, 9.17) is 4.98 Å². The number of nitrogens with one attached hydrogen (secondary N) is 2. The van der Waals surface area contributed by atoms with Gasteiger partial charge in [-0.15, -0.1) is 16.4 Å². The van der Waals surface area contributed by atoms with Crippen molar-refractivity contribution in [3.63, 3.8) is 0 Å². The smallest absolute Gasteiger partial charge is 0.266 e. The highest BCUT2D eigenvalue weighted by atomic mass is 32.1. The first-order chi connectivity index (χ1) is 24.9. The molecule has 0 aliphatic carbocycles. The van der Waals surface area contributed by atoms with E-state index < -0.39 is 29.3 Å². The molecule has 7 rings (SSSR count). The quantitative estimate of drug-likeness (QED) is 0.147. The third kappa shape index (κ3) is 6.93. The fourth-order valence-corrected chi connectivity index (χ4v) is 8.49. The molecule has 5 aromatic rings. The Balaban J connectivity index is 1.02. The molecule has 2 amide bonds. The molecule has 0 radical (unpaired) electrons. The SMILES string of the molecule is Cc1cc(C2(C)CCC(=O)NC2=O)ccc1C1CCN(Cc2cc(-c3cc4c(NC(C)c5cccc(C(F)F)c5F)nnc(C)c4cn3)cs2)CC1. The molecule has 0 saturated carbocycles. The number of carbonyl (C=O) groups excluding carboxylic acids is 2. The van der Waals surface area contributed by atoms with Gasteiger partial charge in [0.1, 0.15) is 5.82 Å². The molecule has 0 spiro atoms. The lowest BCUT2D eigenvalue weighted by atomic mass is 9.74. The minimum atomic E-state index is -2.91. The van der Waals surface area contributed by atoms with Crippen molar-refractivity contribution < 1.29 is 22.8 Å². The number of aryl methyl sites for hydroxylation is 2. The summed E-state index contributed by atoms with van der Waals surface area (Å²) < 4.78 is 41.7. The summed E-state index contributed by atoms with van der Waals surface area (Å²) in [5, 5.41) is 18.0. The molecule has 2 aliphatic heterocycles. The van der Waals surface area contributed by atoms with Crippen molar-refractivity contribution >= 4 is 39.7 Å². The highest BCUT2D eigenvalue weighted by Gasteiger charge is 2.40. The van der Waals surface area contributed by atoms with Crippen LogP contribution in [0.5, 0.6) is 0 Å². The molecule has 5 heterocycles. The molecule has 2 fully saturated rings. The van der Waals surface area contributed by atoms with Gasteiger partial charge >= 0.3 is 0 Å². The number of piperidine rings is 2. The number of aromatic nitrogens is 3. The molecule has 2 atom stereocenters. The Morgan fingerprint density at radius 2 is 1.81 bits per heavy atom. The number of anilines is 1. The largest absolute Gasteiger partial charge is 0.361 e. The summed E-state index contributed by atoms with van der Waals surface area (Å²) in [6, 6.07) is 13.9. The number of hydrogen-bond acceptors (Lipinski definition) is 8. The molecule has 2 N–H and O–H groups in total. The summed E-state index contributed by atoms with van der Waals surface area (Å²) in [6.07, 6.45) is 1.82. The van der Waals surface area contributed by atoms with Gasteiger partial charge in [-0.2, -0.15) is 5.10 Å². The Kier molecular flexibility index (Phi) is 9.88. The first-order valence-electron chi connectivity index (χ1n) is 17.6. The van der Waals surface area contributed by atoms with Gasteiger partial charge in [-0.25, -0.2) is 13.2 Å². The average Bonchev–Trinajstić information content (AvgIpc) is 3.60. The third-order valence-electron chi connectivity index (χ3n) is 10.8. The van der Waals surface area contributed by atoms with Crippen LogP contribution < -0.4 is 10.6 Å². The van der Waals surface area contributed by atoms with Crippen molar-refractivity contribution in [2.75, 3.05) is 18.4 Å². The number of likely N-dealkylation sites (tertiary alicyclic amines) is 1. The molecular weight excluding hydrogens is 686 g/mol. The van der Waals surface area contributed by atoms with Crippen molar-refractivity contribution in [3.05, 3.63) is 104 Å². The Labute approximate surface area is 304 Å². The van der Waals surface area contributed by atoms with Gasteiger partial charge in [0, 0.05) is 51.3 Å². The van der Waals surface area contributed by atoms with Crippen LogP contribution in [-0.2, 0) is 21.5 Å². The van der Waals surface area contributed by atoms with Crippen molar-refractivity contribution in [3.8, 4) is 11.3 Å². The number of rotatable bonds is 9. The highest BCUT2D eigenvalue weighted by Crippen LogP contribution is 2.38. The van der Waals surface area contributed by atoms with Crippen LogP contribution in [0.1, 0.15) is 96.3 Å². The lowest BCUT2D eigenvalue weighted by molar-refractivity contribution is -0.137. The minimum Gasteiger partial charge on any atom is -0.361 e. The maximum atomic E-state index is 14.9. The number of hydrogen-bond donors (Lipinski definition) is 2. The average molecular weight is 727 g/mol. The van der Waals surface area contributed by atoms with Crippen LogP contribution in [0.25, 0.3) is 22.0 Å². The maximum Gasteiger partial charge on any atom is 0.266 e. The normalized spacial score (nSPS) is 19.3. The van der Waals surface area contributed by atoms with Crippen molar-refractivity contribution in [1.82, 2.24) is 25.4 Å². The summed E-state index contributed by atoms with van der Waals surface area (Å²) in [5.41, 5.74) is 4.74. The zero-order valence-electron chi connectivity index (χ0n) is 29.6. The lowest BCUT2D eigenvalue weighted by Crippen LogP contribution is -2.49. The fourth-order valence-electron chi connectivity index (χ4n) is 7.57. The number of pyridine rings is 1. The Morgan fingerprint density at radius 1 is 1.04 bits per heavy atom. The summed E-state index contributed by atoms with van der Waals surface area (Å²) in [4.78, 5) is 32.9. The van der Waals surface area contributed by atoms with E-state index in [1.54, 1.807) is 24.5 Å². The van der Waals surface area contributed by atoms with E-state index in [-0.39, 0.29) is 17.4 Å². The summed E-state index contributed by atoms with van der Waals surface area (Å²) in [6.45, 7) is 10.4. The first-order valence-corrected chi connectivity index (χ1v) is 18.5. The maximum absolute atomic E-state index is 14.9. The molecule has 8 nitrogen and oxygen atoms in total. The Hall–Kier alpha value is -4.68. The van der Waals surface area contributed by atoms with Crippen LogP contribution in [-0.4, -0.2) is 45.0 Å². The lowest BCUT2D eigenvalue weighted by Gasteiger charge is -2.34. The van der Waals surface area contributed by atoms with Crippen molar-refractivity contribution in [1.29, 1.82) is 0 Å². The van der Waals surface area contributed by atoms with E-state index in [9.17, 15) is 22.8 Å². The van der Waals surface area contributed by atoms with E-state index in [1.165, 1.54) is 28.1 Å². The van der Waals surface area contributed by atoms with Gasteiger partial charge in [-0.05, 0) is 94.8 Å². The number of thiophene rings is 1. The second-order valence-corrected chi connectivity index (χ2v) is 15.3. The summed E-state index contributed by atoms with van der Waals surface area (Å²) in [5.74, 6) is -0.479. The second-order valence-electron chi connectivity index (χ2n) is 14.3. The summed E-state index contributed by atoms with van der Waals surface area (Å²) in [7, 11) is 0. The van der Waals surface area contributed by atoms with E-state index in [0.29, 0.717) is 30.3 Å². The first kappa shape index (κ1) is 35.7. The van der Waals surface area contributed by atoms with Crippen LogP contribution in [0.2, 0.25) is 0 Å². The van der Waals surface area contributed by atoms with E-state index in [1.807, 2.05) is 19.9 Å². The number of halogens is 3. The van der Waals surface area contributed by atoms with Crippen molar-refractivity contribution in [2.24, 2.45) is 0 Å². The zero-order chi connectivity index (χ0) is 36.7. The van der Waals surface area contributed by atoms with Gasteiger partial charge in [-0.1, -0.05) is 36.4 Å². The van der Waals surface area contributed by atoms with Gasteiger partial charge in [0.25, 0.3) is 6.43 Å². The number of alkyl halides is 2. The molecule has 2 aliphatic rings.